The molecule has 0 spiro atoms. The van der Waals surface area contributed by atoms with Gasteiger partial charge in [0.1, 0.15) is 5.69 Å². The number of methoxy groups -OCH3 is 1. The lowest BCUT2D eigenvalue weighted by atomic mass is 10.2. The van der Waals surface area contributed by atoms with E-state index in [4.69, 9.17) is 14.2 Å². The van der Waals surface area contributed by atoms with E-state index >= 15 is 0 Å². The molecule has 30 heavy (non-hydrogen) atoms. The predicted molar refractivity (Wildman–Crippen MR) is 110 cm³/mol. The summed E-state index contributed by atoms with van der Waals surface area (Å²) in [5.74, 6) is -0.689. The number of hydrogen-bond acceptors (Lipinski definition) is 7. The Labute approximate surface area is 173 Å². The third-order valence-electron chi connectivity index (χ3n) is 3.93. The van der Waals surface area contributed by atoms with Crippen molar-refractivity contribution in [3.63, 3.8) is 0 Å². The molecule has 0 unspecified atom stereocenters. The standard InChI is InChI=1S/C21H22N2O7/c1-4-7-15-10-11-18(19(12-15)28-3)29-13-20(24)30-14(2)21(25)22-16-8-5-6-9-17(16)23(26)27/h4-12,14H,13H2,1-3H3,(H,22,25)/b7-4+/t14-/m1/s1. The van der Waals surface area contributed by atoms with Gasteiger partial charge in [-0.3, -0.25) is 14.9 Å². The first kappa shape index (κ1) is 22.4. The number of hydrogen-bond donors (Lipinski definition) is 1. The van der Waals surface area contributed by atoms with Crippen LogP contribution in [0.25, 0.3) is 6.08 Å². The Morgan fingerprint density at radius 1 is 1.20 bits per heavy atom. The van der Waals surface area contributed by atoms with E-state index in [2.05, 4.69) is 5.32 Å². The van der Waals surface area contributed by atoms with Crippen LogP contribution in [0.4, 0.5) is 11.4 Å². The predicted octanol–water partition coefficient (Wildman–Crippen LogP) is 3.59. The summed E-state index contributed by atoms with van der Waals surface area (Å²) in [6.07, 6.45) is 2.58. The van der Waals surface area contributed by atoms with E-state index in [1.165, 1.54) is 32.2 Å². The lowest BCUT2D eigenvalue weighted by Crippen LogP contribution is -2.31. The monoisotopic (exact) mass is 414 g/mol. The van der Waals surface area contributed by atoms with E-state index < -0.39 is 29.5 Å². The van der Waals surface area contributed by atoms with E-state index in [1.807, 2.05) is 19.1 Å². The Morgan fingerprint density at radius 2 is 1.93 bits per heavy atom. The Kier molecular flexibility index (Phi) is 7.92. The van der Waals surface area contributed by atoms with E-state index in [9.17, 15) is 19.7 Å². The minimum absolute atomic E-state index is 0.0117. The van der Waals surface area contributed by atoms with E-state index in [-0.39, 0.29) is 11.4 Å². The molecule has 0 heterocycles. The molecule has 1 amide bonds. The number of rotatable bonds is 9. The lowest BCUT2D eigenvalue weighted by Gasteiger charge is -2.15. The van der Waals surface area contributed by atoms with Gasteiger partial charge in [0.25, 0.3) is 11.6 Å². The Bertz CT molecular complexity index is 956. The van der Waals surface area contributed by atoms with E-state index in [0.717, 1.165) is 5.56 Å². The third-order valence-corrected chi connectivity index (χ3v) is 3.93. The number of nitrogens with one attached hydrogen (secondary N) is 1. The Balaban J connectivity index is 1.93. The van der Waals surface area contributed by atoms with Gasteiger partial charge >= 0.3 is 5.97 Å². The van der Waals surface area contributed by atoms with Gasteiger partial charge in [0.2, 0.25) is 0 Å². The van der Waals surface area contributed by atoms with Crippen LogP contribution in [0.1, 0.15) is 19.4 Å². The first-order chi connectivity index (χ1) is 14.3. The second kappa shape index (κ2) is 10.6. The van der Waals surface area contributed by atoms with Gasteiger partial charge in [-0.2, -0.15) is 0 Å². The number of nitro benzene ring substituents is 1. The molecule has 9 heteroatoms. The highest BCUT2D eigenvalue weighted by Gasteiger charge is 2.22. The van der Waals surface area contributed by atoms with Gasteiger partial charge in [-0.1, -0.05) is 30.4 Å². The topological polar surface area (TPSA) is 117 Å². The average molecular weight is 414 g/mol. The number of amides is 1. The summed E-state index contributed by atoms with van der Waals surface area (Å²) < 4.78 is 15.7. The van der Waals surface area contributed by atoms with Crippen molar-refractivity contribution >= 4 is 29.3 Å². The number of carbonyl (C=O) groups is 2. The first-order valence-corrected chi connectivity index (χ1v) is 9.03. The maximum absolute atomic E-state index is 12.2. The molecule has 0 aromatic heterocycles. The molecule has 0 aliphatic carbocycles. The summed E-state index contributed by atoms with van der Waals surface area (Å²) in [6, 6.07) is 10.9. The number of nitrogens with zero attached hydrogens (tertiary/aromatic N) is 1. The molecule has 0 bridgehead atoms. The number of nitro groups is 1. The normalized spacial score (nSPS) is 11.6. The molecule has 0 aliphatic rings. The molecule has 2 rings (SSSR count). The van der Waals surface area contributed by atoms with Crippen molar-refractivity contribution in [2.24, 2.45) is 0 Å². The molecule has 0 fully saturated rings. The zero-order valence-electron chi connectivity index (χ0n) is 16.8. The van der Waals surface area contributed by atoms with Crippen molar-refractivity contribution in [3.05, 3.63) is 64.2 Å². The molecule has 0 saturated carbocycles. The van der Waals surface area contributed by atoms with Crippen LogP contribution in [0.15, 0.2) is 48.5 Å². The molecular formula is C21H22N2O7. The van der Waals surface area contributed by atoms with Gasteiger partial charge in [0, 0.05) is 6.07 Å². The number of allylic oxidation sites excluding steroid dienone is 1. The zero-order valence-corrected chi connectivity index (χ0v) is 16.8. The number of ether oxygens (including phenoxy) is 3. The maximum atomic E-state index is 12.2. The number of carbonyl (C=O) groups excluding carboxylic acids is 2. The summed E-state index contributed by atoms with van der Waals surface area (Å²) in [6.45, 7) is 2.80. The van der Waals surface area contributed by atoms with Crippen LogP contribution < -0.4 is 14.8 Å². The Hall–Kier alpha value is -3.88. The first-order valence-electron chi connectivity index (χ1n) is 9.03. The van der Waals surface area contributed by atoms with Crippen LogP contribution >= 0.6 is 0 Å². The smallest absolute Gasteiger partial charge is 0.344 e. The van der Waals surface area contributed by atoms with Crippen molar-refractivity contribution in [1.29, 1.82) is 0 Å². The van der Waals surface area contributed by atoms with Crippen molar-refractivity contribution in [1.82, 2.24) is 0 Å². The highest BCUT2D eigenvalue weighted by Crippen LogP contribution is 2.28. The van der Waals surface area contributed by atoms with Gasteiger partial charge in [-0.05, 0) is 37.6 Å². The van der Waals surface area contributed by atoms with Crippen LogP contribution in [-0.4, -0.2) is 36.6 Å². The summed E-state index contributed by atoms with van der Waals surface area (Å²) in [5, 5.41) is 13.4. The van der Waals surface area contributed by atoms with Crippen molar-refractivity contribution in [3.8, 4) is 11.5 Å². The third kappa shape index (κ3) is 6.06. The van der Waals surface area contributed by atoms with E-state index in [1.54, 1.807) is 24.3 Å². The molecule has 0 saturated heterocycles. The van der Waals surface area contributed by atoms with Crippen molar-refractivity contribution in [2.45, 2.75) is 20.0 Å². The highest BCUT2D eigenvalue weighted by atomic mass is 16.6. The number of benzene rings is 2. The summed E-state index contributed by atoms with van der Waals surface area (Å²) in [7, 11) is 1.48. The quantitative estimate of drug-likeness (QED) is 0.378. The maximum Gasteiger partial charge on any atom is 0.344 e. The summed E-state index contributed by atoms with van der Waals surface area (Å²) >= 11 is 0. The van der Waals surface area contributed by atoms with Gasteiger partial charge in [-0.15, -0.1) is 0 Å². The fourth-order valence-corrected chi connectivity index (χ4v) is 2.49. The molecule has 1 N–H and O–H groups in total. The fraction of sp³-hybridized carbons (Fsp3) is 0.238. The minimum Gasteiger partial charge on any atom is -0.493 e. The SMILES string of the molecule is C/C=C/c1ccc(OCC(=O)O[C@H](C)C(=O)Nc2ccccc2[N+](=O)[O-])c(OC)c1. The van der Waals surface area contributed by atoms with Crippen LogP contribution in [-0.2, 0) is 14.3 Å². The van der Waals surface area contributed by atoms with Crippen LogP contribution in [0, 0.1) is 10.1 Å². The number of esters is 1. The second-order valence-corrected chi connectivity index (χ2v) is 6.09. The van der Waals surface area contributed by atoms with Crippen molar-refractivity contribution < 1.29 is 28.7 Å². The number of para-hydroxylation sites is 2. The molecule has 0 aliphatic heterocycles. The van der Waals surface area contributed by atoms with Gasteiger partial charge in [0.05, 0.1) is 12.0 Å². The number of anilines is 1. The van der Waals surface area contributed by atoms with Gasteiger partial charge in [-0.25, -0.2) is 4.79 Å². The van der Waals surface area contributed by atoms with Crippen LogP contribution in [0.3, 0.4) is 0 Å². The second-order valence-electron chi connectivity index (χ2n) is 6.09. The fourth-order valence-electron chi connectivity index (χ4n) is 2.49. The average Bonchev–Trinajstić information content (AvgIpc) is 2.73. The van der Waals surface area contributed by atoms with Crippen LogP contribution in [0.2, 0.25) is 0 Å². The summed E-state index contributed by atoms with van der Waals surface area (Å²) in [5.41, 5.74) is 0.656. The van der Waals surface area contributed by atoms with Gasteiger partial charge < -0.3 is 19.5 Å². The molecule has 0 radical (unpaired) electrons. The molecule has 9 nitrogen and oxygen atoms in total. The largest absolute Gasteiger partial charge is 0.493 e. The minimum atomic E-state index is -1.18. The summed E-state index contributed by atoms with van der Waals surface area (Å²) in [4.78, 5) is 34.7. The van der Waals surface area contributed by atoms with Crippen molar-refractivity contribution in [2.75, 3.05) is 19.0 Å². The van der Waals surface area contributed by atoms with Crippen LogP contribution in [0.5, 0.6) is 11.5 Å². The molecule has 158 valence electrons. The van der Waals surface area contributed by atoms with Gasteiger partial charge in [0.15, 0.2) is 24.2 Å². The Morgan fingerprint density at radius 3 is 2.60 bits per heavy atom. The zero-order chi connectivity index (χ0) is 22.1. The molecule has 2 aromatic carbocycles. The van der Waals surface area contributed by atoms with E-state index in [0.29, 0.717) is 11.5 Å². The molecule has 1 atom stereocenters. The molecular weight excluding hydrogens is 392 g/mol. The highest BCUT2D eigenvalue weighted by molar-refractivity contribution is 5.96. The lowest BCUT2D eigenvalue weighted by molar-refractivity contribution is -0.383. The molecule has 2 aromatic rings.